The van der Waals surface area contributed by atoms with Crippen molar-refractivity contribution in [2.75, 3.05) is 24.6 Å². The molecule has 3 atom stereocenters. The molecule has 1 fully saturated rings. The number of hydrogen-bond acceptors (Lipinski definition) is 3. The molecule has 2 aliphatic rings. The number of ether oxygens (including phenoxy) is 1. The summed E-state index contributed by atoms with van der Waals surface area (Å²) in [6, 6.07) is 9.08. The minimum atomic E-state index is 0.118. The maximum absolute atomic E-state index is 12.3. The number of carbonyl (C=O) groups excluding carboxylic acids is 1. The molecule has 0 spiro atoms. The Kier molecular flexibility index (Phi) is 4.67. The first-order valence-electron chi connectivity index (χ1n) is 8.39. The molecule has 2 aliphatic heterocycles. The van der Waals surface area contributed by atoms with E-state index in [2.05, 4.69) is 41.4 Å². The molecular formula is C18H26N2O2. The van der Waals surface area contributed by atoms with Crippen molar-refractivity contribution in [2.45, 2.75) is 45.3 Å². The van der Waals surface area contributed by atoms with Gasteiger partial charge in [-0.05, 0) is 44.7 Å². The summed E-state index contributed by atoms with van der Waals surface area (Å²) in [5.41, 5.74) is 2.74. The van der Waals surface area contributed by atoms with Crippen LogP contribution in [0.15, 0.2) is 24.3 Å². The van der Waals surface area contributed by atoms with Crippen molar-refractivity contribution < 1.29 is 9.53 Å². The van der Waals surface area contributed by atoms with E-state index in [0.717, 1.165) is 25.8 Å². The summed E-state index contributed by atoms with van der Waals surface area (Å²) in [6.07, 6.45) is 2.99. The van der Waals surface area contributed by atoms with Crippen LogP contribution in [0, 0.1) is 5.92 Å². The normalized spacial score (nSPS) is 27.5. The Bertz CT molecular complexity index is 532. The summed E-state index contributed by atoms with van der Waals surface area (Å²) in [5.74, 6) is 0.308. The second-order valence-electron chi connectivity index (χ2n) is 6.57. The van der Waals surface area contributed by atoms with Crippen LogP contribution in [0.5, 0.6) is 0 Å². The molecule has 0 aromatic heterocycles. The lowest BCUT2D eigenvalue weighted by Gasteiger charge is -2.28. The van der Waals surface area contributed by atoms with E-state index in [4.69, 9.17) is 4.74 Å². The van der Waals surface area contributed by atoms with E-state index in [0.29, 0.717) is 19.2 Å². The third-order valence-electron chi connectivity index (χ3n) is 4.86. The Morgan fingerprint density at radius 3 is 3.00 bits per heavy atom. The third-order valence-corrected chi connectivity index (χ3v) is 4.86. The Hall–Kier alpha value is -1.55. The first-order valence-corrected chi connectivity index (χ1v) is 8.39. The van der Waals surface area contributed by atoms with Crippen LogP contribution < -0.4 is 10.2 Å². The van der Waals surface area contributed by atoms with E-state index in [1.807, 2.05) is 6.92 Å². The monoisotopic (exact) mass is 302 g/mol. The van der Waals surface area contributed by atoms with Gasteiger partial charge in [-0.2, -0.15) is 0 Å². The summed E-state index contributed by atoms with van der Waals surface area (Å²) in [5, 5.41) is 3.12. The van der Waals surface area contributed by atoms with Gasteiger partial charge in [0.2, 0.25) is 5.91 Å². The first-order chi connectivity index (χ1) is 10.6. The summed E-state index contributed by atoms with van der Waals surface area (Å²) < 4.78 is 5.51. The van der Waals surface area contributed by atoms with Crippen molar-refractivity contribution in [1.29, 1.82) is 0 Å². The highest BCUT2D eigenvalue weighted by Crippen LogP contribution is 2.31. The van der Waals surface area contributed by atoms with Gasteiger partial charge in [-0.1, -0.05) is 18.2 Å². The highest BCUT2D eigenvalue weighted by atomic mass is 16.5. The highest BCUT2D eigenvalue weighted by Gasteiger charge is 2.27. The van der Waals surface area contributed by atoms with Crippen LogP contribution in [0.4, 0.5) is 5.69 Å². The lowest BCUT2D eigenvalue weighted by Crippen LogP contribution is -2.41. The van der Waals surface area contributed by atoms with Crippen LogP contribution in [0.3, 0.4) is 0 Å². The van der Waals surface area contributed by atoms with E-state index in [-0.39, 0.29) is 17.9 Å². The summed E-state index contributed by atoms with van der Waals surface area (Å²) in [6.45, 7) is 6.59. The van der Waals surface area contributed by atoms with Gasteiger partial charge in [-0.25, -0.2) is 0 Å². The van der Waals surface area contributed by atoms with Crippen molar-refractivity contribution >= 4 is 11.6 Å². The molecule has 1 saturated heterocycles. The molecule has 1 amide bonds. The summed E-state index contributed by atoms with van der Waals surface area (Å²) >= 11 is 0. The first kappa shape index (κ1) is 15.3. The van der Waals surface area contributed by atoms with Crippen LogP contribution in [0.1, 0.15) is 32.3 Å². The molecule has 0 unspecified atom stereocenters. The van der Waals surface area contributed by atoms with E-state index >= 15 is 0 Å². The average Bonchev–Trinajstić information content (AvgIpc) is 2.83. The molecule has 0 bridgehead atoms. The van der Waals surface area contributed by atoms with Crippen LogP contribution in [0.25, 0.3) is 0 Å². The zero-order chi connectivity index (χ0) is 15.5. The van der Waals surface area contributed by atoms with Crippen molar-refractivity contribution in [3.8, 4) is 0 Å². The molecular weight excluding hydrogens is 276 g/mol. The number of nitrogens with one attached hydrogen (secondary N) is 1. The van der Waals surface area contributed by atoms with Crippen molar-refractivity contribution in [3.63, 3.8) is 0 Å². The van der Waals surface area contributed by atoms with Crippen LogP contribution in [-0.2, 0) is 16.0 Å². The van der Waals surface area contributed by atoms with Gasteiger partial charge in [-0.3, -0.25) is 4.79 Å². The van der Waals surface area contributed by atoms with E-state index in [9.17, 15) is 4.79 Å². The van der Waals surface area contributed by atoms with Gasteiger partial charge in [0, 0.05) is 37.3 Å². The largest absolute Gasteiger partial charge is 0.378 e. The number of para-hydroxylation sites is 1. The number of fused-ring (bicyclic) bond motifs is 1. The summed E-state index contributed by atoms with van der Waals surface area (Å²) in [4.78, 5) is 14.7. The van der Waals surface area contributed by atoms with Gasteiger partial charge >= 0.3 is 0 Å². The standard InChI is InChI=1S/C18H26N2O2/c1-13-11-15-5-3-4-6-17(15)20(13)9-8-19-18(21)16-7-10-22-14(2)12-16/h3-6,13-14,16H,7-12H2,1-2H3,(H,19,21)/t13-,14-,16+/m1/s1. The minimum absolute atomic E-state index is 0.118. The number of hydrogen-bond donors (Lipinski definition) is 1. The fraction of sp³-hybridized carbons (Fsp3) is 0.611. The maximum atomic E-state index is 12.3. The van der Waals surface area contributed by atoms with Crippen molar-refractivity contribution in [3.05, 3.63) is 29.8 Å². The van der Waals surface area contributed by atoms with E-state index in [1.165, 1.54) is 11.3 Å². The molecule has 0 saturated carbocycles. The zero-order valence-electron chi connectivity index (χ0n) is 13.5. The molecule has 1 aromatic rings. The smallest absolute Gasteiger partial charge is 0.223 e. The number of rotatable bonds is 4. The second kappa shape index (κ2) is 6.69. The van der Waals surface area contributed by atoms with Crippen molar-refractivity contribution in [1.82, 2.24) is 5.32 Å². The molecule has 22 heavy (non-hydrogen) atoms. The number of amides is 1. The van der Waals surface area contributed by atoms with Gasteiger partial charge in [0.1, 0.15) is 0 Å². The topological polar surface area (TPSA) is 41.6 Å². The van der Waals surface area contributed by atoms with E-state index in [1.54, 1.807) is 0 Å². The van der Waals surface area contributed by atoms with Crippen LogP contribution in [-0.4, -0.2) is 37.7 Å². The molecule has 4 nitrogen and oxygen atoms in total. The number of nitrogens with zero attached hydrogens (tertiary/aromatic N) is 1. The van der Waals surface area contributed by atoms with Crippen molar-refractivity contribution in [2.24, 2.45) is 5.92 Å². The van der Waals surface area contributed by atoms with Gasteiger partial charge in [0.05, 0.1) is 6.10 Å². The van der Waals surface area contributed by atoms with Gasteiger partial charge in [0.25, 0.3) is 0 Å². The predicted molar refractivity (Wildman–Crippen MR) is 88.1 cm³/mol. The second-order valence-corrected chi connectivity index (χ2v) is 6.57. The SMILES string of the molecule is C[C@@H]1C[C@@H](C(=O)NCCN2c3ccccc3C[C@H]2C)CCO1. The molecule has 2 heterocycles. The Morgan fingerprint density at radius 2 is 2.18 bits per heavy atom. The summed E-state index contributed by atoms with van der Waals surface area (Å²) in [7, 11) is 0. The Morgan fingerprint density at radius 1 is 1.36 bits per heavy atom. The fourth-order valence-electron chi connectivity index (χ4n) is 3.65. The average molecular weight is 302 g/mol. The molecule has 120 valence electrons. The molecule has 0 radical (unpaired) electrons. The molecule has 0 aliphatic carbocycles. The van der Waals surface area contributed by atoms with Crippen LogP contribution >= 0.6 is 0 Å². The molecule has 1 aromatic carbocycles. The molecule has 4 heteroatoms. The van der Waals surface area contributed by atoms with Gasteiger partial charge < -0.3 is 15.0 Å². The highest BCUT2D eigenvalue weighted by molar-refractivity contribution is 5.78. The van der Waals surface area contributed by atoms with Crippen LogP contribution in [0.2, 0.25) is 0 Å². The number of anilines is 1. The lowest BCUT2D eigenvalue weighted by molar-refractivity contribution is -0.129. The Labute approximate surface area is 132 Å². The lowest BCUT2D eigenvalue weighted by atomic mass is 9.95. The molecule has 1 N–H and O–H groups in total. The minimum Gasteiger partial charge on any atom is -0.378 e. The number of benzene rings is 1. The van der Waals surface area contributed by atoms with Gasteiger partial charge in [-0.15, -0.1) is 0 Å². The predicted octanol–water partition coefficient (Wildman–Crippen LogP) is 2.37. The molecule has 3 rings (SSSR count). The van der Waals surface area contributed by atoms with E-state index < -0.39 is 0 Å². The van der Waals surface area contributed by atoms with Gasteiger partial charge in [0.15, 0.2) is 0 Å². The fourth-order valence-corrected chi connectivity index (χ4v) is 3.65. The maximum Gasteiger partial charge on any atom is 0.223 e. The quantitative estimate of drug-likeness (QED) is 0.928. The number of carbonyl (C=O) groups is 1. The zero-order valence-corrected chi connectivity index (χ0v) is 13.5. The third kappa shape index (κ3) is 3.27. The Balaban J connectivity index is 1.50.